The van der Waals surface area contributed by atoms with E-state index in [1.54, 1.807) is 19.9 Å². The number of nitro groups is 1. The Labute approximate surface area is 98.4 Å². The number of hydrogen-bond donors (Lipinski definition) is 2. The summed E-state index contributed by atoms with van der Waals surface area (Å²) in [6.45, 7) is 3.33. The first-order valence-corrected chi connectivity index (χ1v) is 5.12. The van der Waals surface area contributed by atoms with E-state index >= 15 is 0 Å². The van der Waals surface area contributed by atoms with Crippen LogP contribution in [0.15, 0.2) is 18.2 Å². The second-order valence-electron chi connectivity index (χ2n) is 3.87. The molecule has 1 amide bonds. The third-order valence-corrected chi connectivity index (χ3v) is 2.09. The highest BCUT2D eigenvalue weighted by atomic mass is 16.6. The lowest BCUT2D eigenvalue weighted by molar-refractivity contribution is -0.384. The van der Waals surface area contributed by atoms with Gasteiger partial charge in [-0.2, -0.15) is 0 Å². The smallest absolute Gasteiger partial charge is 0.270 e. The fourth-order valence-corrected chi connectivity index (χ4v) is 1.34. The lowest BCUT2D eigenvalue weighted by Gasteiger charge is -2.07. The number of carbonyl (C=O) groups is 1. The summed E-state index contributed by atoms with van der Waals surface area (Å²) in [4.78, 5) is 21.7. The third kappa shape index (κ3) is 3.84. The van der Waals surface area contributed by atoms with Gasteiger partial charge in [0, 0.05) is 24.2 Å². The molecule has 0 spiro atoms. The van der Waals surface area contributed by atoms with Crippen molar-refractivity contribution in [1.29, 1.82) is 0 Å². The molecule has 0 aromatic heterocycles. The van der Waals surface area contributed by atoms with Crippen LogP contribution in [0.3, 0.4) is 0 Å². The van der Waals surface area contributed by atoms with Gasteiger partial charge in [-0.1, -0.05) is 0 Å². The Kier molecular flexibility index (Phi) is 4.17. The van der Waals surface area contributed by atoms with Crippen LogP contribution in [-0.4, -0.2) is 28.6 Å². The molecule has 6 heteroatoms. The van der Waals surface area contributed by atoms with E-state index in [4.69, 9.17) is 5.11 Å². The molecule has 0 aliphatic rings. The maximum absolute atomic E-state index is 11.6. The molecule has 1 atom stereocenters. The Bertz CT molecular complexity index is 443. The van der Waals surface area contributed by atoms with Crippen LogP contribution in [0.5, 0.6) is 0 Å². The van der Waals surface area contributed by atoms with Crippen LogP contribution in [0.1, 0.15) is 22.8 Å². The number of nitro benzene ring substituents is 1. The molecule has 6 nitrogen and oxygen atoms in total. The first kappa shape index (κ1) is 13.1. The molecule has 0 aliphatic carbocycles. The maximum atomic E-state index is 11.6. The molecule has 0 bridgehead atoms. The number of nitrogens with one attached hydrogen (secondary N) is 1. The summed E-state index contributed by atoms with van der Waals surface area (Å²) in [6.07, 6.45) is -0.654. The molecule has 17 heavy (non-hydrogen) atoms. The number of amides is 1. The first-order chi connectivity index (χ1) is 7.90. The third-order valence-electron chi connectivity index (χ3n) is 2.09. The van der Waals surface area contributed by atoms with Gasteiger partial charge in [0.2, 0.25) is 0 Å². The highest BCUT2D eigenvalue weighted by molar-refractivity contribution is 5.95. The Balaban J connectivity index is 2.90. The van der Waals surface area contributed by atoms with Crippen molar-refractivity contribution in [2.45, 2.75) is 20.0 Å². The quantitative estimate of drug-likeness (QED) is 0.605. The number of aliphatic hydroxyl groups is 1. The number of carbonyl (C=O) groups excluding carboxylic acids is 1. The summed E-state index contributed by atoms with van der Waals surface area (Å²) in [5, 5.41) is 22.1. The van der Waals surface area contributed by atoms with Gasteiger partial charge in [0.05, 0.1) is 11.0 Å². The second-order valence-corrected chi connectivity index (χ2v) is 3.87. The topological polar surface area (TPSA) is 92.5 Å². The summed E-state index contributed by atoms with van der Waals surface area (Å²) in [7, 11) is 0. The largest absolute Gasteiger partial charge is 0.392 e. The molecule has 0 heterocycles. The molecule has 1 rings (SSSR count). The predicted molar refractivity (Wildman–Crippen MR) is 61.8 cm³/mol. The van der Waals surface area contributed by atoms with Gasteiger partial charge in [-0.3, -0.25) is 14.9 Å². The number of aryl methyl sites for hydroxylation is 1. The summed E-state index contributed by atoms with van der Waals surface area (Å²) >= 11 is 0. The lowest BCUT2D eigenvalue weighted by Crippen LogP contribution is -2.30. The van der Waals surface area contributed by atoms with Gasteiger partial charge in [-0.05, 0) is 25.5 Å². The van der Waals surface area contributed by atoms with Crippen molar-refractivity contribution in [2.24, 2.45) is 0 Å². The van der Waals surface area contributed by atoms with Crippen LogP contribution >= 0.6 is 0 Å². The van der Waals surface area contributed by atoms with Crippen molar-refractivity contribution < 1.29 is 14.8 Å². The van der Waals surface area contributed by atoms with Gasteiger partial charge in [0.15, 0.2) is 0 Å². The van der Waals surface area contributed by atoms with Gasteiger partial charge < -0.3 is 10.4 Å². The number of nitrogens with zero attached hydrogens (tertiary/aromatic N) is 1. The minimum atomic E-state index is -0.654. The summed E-state index contributed by atoms with van der Waals surface area (Å²) in [5.41, 5.74) is 0.742. The van der Waals surface area contributed by atoms with Crippen LogP contribution in [-0.2, 0) is 0 Å². The van der Waals surface area contributed by atoms with E-state index in [-0.39, 0.29) is 17.8 Å². The van der Waals surface area contributed by atoms with E-state index in [1.807, 2.05) is 0 Å². The average Bonchev–Trinajstić information content (AvgIpc) is 2.24. The molecule has 0 aliphatic heterocycles. The fraction of sp³-hybridized carbons (Fsp3) is 0.364. The summed E-state index contributed by atoms with van der Waals surface area (Å²) < 4.78 is 0. The lowest BCUT2D eigenvalue weighted by atomic mass is 10.1. The van der Waals surface area contributed by atoms with Gasteiger partial charge in [-0.25, -0.2) is 0 Å². The van der Waals surface area contributed by atoms with E-state index in [1.165, 1.54) is 12.1 Å². The van der Waals surface area contributed by atoms with Crippen molar-refractivity contribution in [3.8, 4) is 0 Å². The van der Waals surface area contributed by atoms with Crippen molar-refractivity contribution in [3.05, 3.63) is 39.4 Å². The fourth-order valence-electron chi connectivity index (χ4n) is 1.34. The van der Waals surface area contributed by atoms with E-state index in [0.29, 0.717) is 5.56 Å². The molecule has 0 saturated heterocycles. The van der Waals surface area contributed by atoms with Gasteiger partial charge >= 0.3 is 0 Å². The van der Waals surface area contributed by atoms with Crippen LogP contribution in [0.25, 0.3) is 0 Å². The zero-order chi connectivity index (χ0) is 13.0. The monoisotopic (exact) mass is 238 g/mol. The van der Waals surface area contributed by atoms with E-state index in [9.17, 15) is 14.9 Å². The van der Waals surface area contributed by atoms with Gasteiger partial charge in [0.1, 0.15) is 0 Å². The van der Waals surface area contributed by atoms with Gasteiger partial charge in [-0.15, -0.1) is 0 Å². The molecule has 0 fully saturated rings. The maximum Gasteiger partial charge on any atom is 0.270 e. The van der Waals surface area contributed by atoms with Gasteiger partial charge in [0.25, 0.3) is 11.6 Å². The summed E-state index contributed by atoms with van der Waals surface area (Å²) in [5.74, 6) is -0.433. The number of hydrogen-bond acceptors (Lipinski definition) is 4. The van der Waals surface area contributed by atoms with E-state index in [2.05, 4.69) is 5.32 Å². The molecule has 0 saturated carbocycles. The Morgan fingerprint density at radius 3 is 2.71 bits per heavy atom. The SMILES string of the molecule is Cc1cc(C(=O)NCC(C)O)cc([N+](=O)[O-])c1. The zero-order valence-electron chi connectivity index (χ0n) is 9.64. The molecule has 1 aromatic rings. The van der Waals surface area contributed by atoms with Crippen LogP contribution in [0.2, 0.25) is 0 Å². The zero-order valence-corrected chi connectivity index (χ0v) is 9.64. The normalized spacial score (nSPS) is 11.9. The Hall–Kier alpha value is -1.95. The highest BCUT2D eigenvalue weighted by Crippen LogP contribution is 2.16. The van der Waals surface area contributed by atoms with Crippen LogP contribution in [0.4, 0.5) is 5.69 Å². The highest BCUT2D eigenvalue weighted by Gasteiger charge is 2.13. The number of benzene rings is 1. The van der Waals surface area contributed by atoms with Crippen molar-refractivity contribution in [2.75, 3.05) is 6.54 Å². The number of non-ortho nitro benzene ring substituents is 1. The molecule has 2 N–H and O–H groups in total. The molecule has 0 radical (unpaired) electrons. The number of rotatable bonds is 4. The van der Waals surface area contributed by atoms with Crippen molar-refractivity contribution >= 4 is 11.6 Å². The minimum absolute atomic E-state index is 0.112. The van der Waals surface area contributed by atoms with E-state index in [0.717, 1.165) is 0 Å². The number of aliphatic hydroxyl groups excluding tert-OH is 1. The Morgan fingerprint density at radius 2 is 2.18 bits per heavy atom. The Morgan fingerprint density at radius 1 is 1.53 bits per heavy atom. The standard InChI is InChI=1S/C11H14N2O4/c1-7-3-9(5-10(4-7)13(16)17)11(15)12-6-8(2)14/h3-5,8,14H,6H2,1-2H3,(H,12,15). The van der Waals surface area contributed by atoms with Crippen molar-refractivity contribution in [3.63, 3.8) is 0 Å². The minimum Gasteiger partial charge on any atom is -0.392 e. The van der Waals surface area contributed by atoms with Crippen LogP contribution in [0, 0.1) is 17.0 Å². The molecular formula is C11H14N2O4. The molecule has 1 aromatic carbocycles. The van der Waals surface area contributed by atoms with Crippen LogP contribution < -0.4 is 5.32 Å². The summed E-state index contributed by atoms with van der Waals surface area (Å²) in [6, 6.07) is 4.17. The molecule has 92 valence electrons. The van der Waals surface area contributed by atoms with Crippen molar-refractivity contribution in [1.82, 2.24) is 5.32 Å². The first-order valence-electron chi connectivity index (χ1n) is 5.12. The second kappa shape index (κ2) is 5.40. The average molecular weight is 238 g/mol. The predicted octanol–water partition coefficient (Wildman–Crippen LogP) is 1.01. The molecule has 1 unspecified atom stereocenters. The van der Waals surface area contributed by atoms with E-state index < -0.39 is 16.9 Å². The molecular weight excluding hydrogens is 224 g/mol.